The largest absolute Gasteiger partial charge is 0.513 e. The molecule has 0 fully saturated rings. The molecule has 0 atom stereocenters. The van der Waals surface area contributed by atoms with E-state index in [4.69, 9.17) is 23.7 Å². The normalized spacial score (nSPS) is 10.7. The lowest BCUT2D eigenvalue weighted by Crippen LogP contribution is -2.06. The van der Waals surface area contributed by atoms with Gasteiger partial charge in [0.05, 0.1) is 7.11 Å². The molecule has 0 unspecified atom stereocenters. The fourth-order valence-electron chi connectivity index (χ4n) is 2.95. The summed E-state index contributed by atoms with van der Waals surface area (Å²) in [5, 5.41) is 8.82. The van der Waals surface area contributed by atoms with E-state index in [9.17, 15) is 4.79 Å². The first-order valence-corrected chi connectivity index (χ1v) is 8.86. The van der Waals surface area contributed by atoms with Crippen LogP contribution in [0.25, 0.3) is 11.1 Å². The van der Waals surface area contributed by atoms with Crippen LogP contribution in [0.5, 0.6) is 17.4 Å². The van der Waals surface area contributed by atoms with Gasteiger partial charge < -0.3 is 23.7 Å². The minimum atomic E-state index is -1.40. The average Bonchev–Trinajstić information content (AvgIpc) is 3.09. The molecule has 1 aromatic heterocycles. The van der Waals surface area contributed by atoms with E-state index in [-0.39, 0.29) is 18.5 Å². The molecule has 2 aromatic carbocycles. The highest BCUT2D eigenvalue weighted by molar-refractivity contribution is 5.65. The molecule has 0 aliphatic rings. The fourth-order valence-corrected chi connectivity index (χ4v) is 2.95. The summed E-state index contributed by atoms with van der Waals surface area (Å²) in [4.78, 5) is 10.8. The number of methoxy groups -OCH3 is 1. The molecule has 3 rings (SSSR count). The number of benzene rings is 2. The Morgan fingerprint density at radius 2 is 1.57 bits per heavy atom. The van der Waals surface area contributed by atoms with Crippen LogP contribution >= 0.6 is 0 Å². The van der Waals surface area contributed by atoms with Crippen LogP contribution in [0.4, 0.5) is 4.79 Å². The lowest BCUT2D eigenvalue weighted by Gasteiger charge is -2.10. The summed E-state index contributed by atoms with van der Waals surface area (Å²) in [5.74, 6) is 1.55. The van der Waals surface area contributed by atoms with E-state index >= 15 is 0 Å². The summed E-state index contributed by atoms with van der Waals surface area (Å²) in [7, 11) is 1.64. The number of hydrogen-bond acceptors (Lipinski definition) is 5. The molecule has 0 radical (unpaired) electrons. The molecule has 0 saturated heterocycles. The van der Waals surface area contributed by atoms with E-state index in [0.717, 1.165) is 22.4 Å². The number of ether oxygens (including phenoxy) is 3. The van der Waals surface area contributed by atoms with Crippen molar-refractivity contribution in [3.8, 4) is 28.6 Å². The van der Waals surface area contributed by atoms with Gasteiger partial charge in [0.2, 0.25) is 0 Å². The number of furan rings is 1. The second-order valence-corrected chi connectivity index (χ2v) is 6.53. The Bertz CT molecular complexity index is 923. The molecule has 0 amide bonds. The van der Waals surface area contributed by atoms with E-state index in [0.29, 0.717) is 11.3 Å². The summed E-state index contributed by atoms with van der Waals surface area (Å²) in [6.45, 7) is 4.13. The van der Waals surface area contributed by atoms with Crippen molar-refractivity contribution in [2.75, 3.05) is 7.11 Å². The summed E-state index contributed by atoms with van der Waals surface area (Å²) in [6, 6.07) is 15.6. The van der Waals surface area contributed by atoms with E-state index < -0.39 is 6.16 Å². The van der Waals surface area contributed by atoms with Crippen molar-refractivity contribution in [1.29, 1.82) is 0 Å². The van der Waals surface area contributed by atoms with Gasteiger partial charge in [-0.15, -0.1) is 0 Å². The van der Waals surface area contributed by atoms with Gasteiger partial charge in [0.15, 0.2) is 0 Å². The molecule has 28 heavy (non-hydrogen) atoms. The summed E-state index contributed by atoms with van der Waals surface area (Å²) in [6.07, 6.45) is 0.0668. The molecular formula is C22H22O6. The summed E-state index contributed by atoms with van der Waals surface area (Å²) in [5.41, 5.74) is 3.60. The molecule has 1 N–H and O–H groups in total. The summed E-state index contributed by atoms with van der Waals surface area (Å²) < 4.78 is 21.0. The molecule has 0 aliphatic carbocycles. The topological polar surface area (TPSA) is 78.1 Å². The van der Waals surface area contributed by atoms with Crippen molar-refractivity contribution in [2.45, 2.75) is 26.4 Å². The van der Waals surface area contributed by atoms with E-state index in [1.807, 2.05) is 62.4 Å². The second-order valence-electron chi connectivity index (χ2n) is 6.53. The van der Waals surface area contributed by atoms with Crippen molar-refractivity contribution in [1.82, 2.24) is 0 Å². The van der Waals surface area contributed by atoms with Gasteiger partial charge in [-0.05, 0) is 41.3 Å². The third-order valence-corrected chi connectivity index (χ3v) is 4.30. The minimum absolute atomic E-state index is 0.00375. The Labute approximate surface area is 163 Å². The number of rotatable bonds is 7. The Balaban J connectivity index is 1.69. The quantitative estimate of drug-likeness (QED) is 0.527. The van der Waals surface area contributed by atoms with E-state index in [1.54, 1.807) is 7.11 Å². The average molecular weight is 382 g/mol. The lowest BCUT2D eigenvalue weighted by molar-refractivity contribution is 0.132. The predicted octanol–water partition coefficient (Wildman–Crippen LogP) is 5.71. The lowest BCUT2D eigenvalue weighted by atomic mass is 10.0. The van der Waals surface area contributed by atoms with Crippen molar-refractivity contribution >= 4 is 6.16 Å². The molecule has 0 bridgehead atoms. The highest BCUT2D eigenvalue weighted by atomic mass is 16.7. The zero-order valence-electron chi connectivity index (χ0n) is 16.0. The number of carboxylic acid groups (broad SMARTS) is 1. The zero-order chi connectivity index (χ0) is 20.1. The van der Waals surface area contributed by atoms with Crippen LogP contribution in [0.2, 0.25) is 0 Å². The SMILES string of the molecule is COc1ccc(-c2ccc(OCc3coc(OC(=O)O)c3C(C)C)cc2)cc1. The molecular weight excluding hydrogens is 360 g/mol. The third-order valence-electron chi connectivity index (χ3n) is 4.30. The molecule has 1 heterocycles. The van der Waals surface area contributed by atoms with Gasteiger partial charge >= 0.3 is 6.16 Å². The Kier molecular flexibility index (Phi) is 5.89. The number of hydrogen-bond donors (Lipinski definition) is 1. The molecule has 3 aromatic rings. The Morgan fingerprint density at radius 1 is 1.00 bits per heavy atom. The zero-order valence-corrected chi connectivity index (χ0v) is 16.0. The Morgan fingerprint density at radius 3 is 2.07 bits per heavy atom. The van der Waals surface area contributed by atoms with Gasteiger partial charge in [-0.1, -0.05) is 38.1 Å². The van der Waals surface area contributed by atoms with E-state index in [2.05, 4.69) is 0 Å². The van der Waals surface area contributed by atoms with Crippen LogP contribution in [0.1, 0.15) is 30.9 Å². The van der Waals surface area contributed by atoms with Crippen LogP contribution in [-0.4, -0.2) is 18.4 Å². The van der Waals surface area contributed by atoms with Gasteiger partial charge in [-0.2, -0.15) is 0 Å². The van der Waals surface area contributed by atoms with Crippen LogP contribution in [0.15, 0.2) is 59.2 Å². The molecule has 146 valence electrons. The molecule has 0 aliphatic heterocycles. The van der Waals surface area contributed by atoms with Crippen molar-refractivity contribution in [2.24, 2.45) is 0 Å². The maximum absolute atomic E-state index is 10.8. The third kappa shape index (κ3) is 4.46. The van der Waals surface area contributed by atoms with Gasteiger partial charge in [0.1, 0.15) is 24.4 Å². The highest BCUT2D eigenvalue weighted by Crippen LogP contribution is 2.33. The minimum Gasteiger partial charge on any atom is -0.497 e. The molecule has 0 saturated carbocycles. The van der Waals surface area contributed by atoms with E-state index in [1.165, 1.54) is 6.26 Å². The predicted molar refractivity (Wildman–Crippen MR) is 104 cm³/mol. The van der Waals surface area contributed by atoms with Crippen LogP contribution < -0.4 is 14.2 Å². The van der Waals surface area contributed by atoms with Crippen LogP contribution in [-0.2, 0) is 6.61 Å². The van der Waals surface area contributed by atoms with Gasteiger partial charge in [0, 0.05) is 11.1 Å². The maximum Gasteiger partial charge on any atom is 0.513 e. The maximum atomic E-state index is 10.8. The second kappa shape index (κ2) is 8.52. The molecule has 6 nitrogen and oxygen atoms in total. The van der Waals surface area contributed by atoms with Crippen molar-refractivity contribution < 1.29 is 28.5 Å². The van der Waals surface area contributed by atoms with Crippen molar-refractivity contribution in [3.63, 3.8) is 0 Å². The monoisotopic (exact) mass is 382 g/mol. The fraction of sp³-hybridized carbons (Fsp3) is 0.227. The smallest absolute Gasteiger partial charge is 0.497 e. The standard InChI is InChI=1S/C22H22O6/c1-14(2)20-17(13-27-21(20)28-22(23)24)12-26-19-10-6-16(7-11-19)15-4-8-18(25-3)9-5-15/h4-11,13-14H,12H2,1-3H3,(H,23,24). The highest BCUT2D eigenvalue weighted by Gasteiger charge is 2.21. The molecule has 0 spiro atoms. The first-order chi connectivity index (χ1) is 13.5. The number of carbonyl (C=O) groups is 1. The van der Waals surface area contributed by atoms with Crippen molar-refractivity contribution in [3.05, 3.63) is 65.9 Å². The summed E-state index contributed by atoms with van der Waals surface area (Å²) >= 11 is 0. The van der Waals surface area contributed by atoms with Gasteiger partial charge in [-0.3, -0.25) is 0 Å². The first-order valence-electron chi connectivity index (χ1n) is 8.86. The van der Waals surface area contributed by atoms with Crippen LogP contribution in [0, 0.1) is 0 Å². The Hall–Kier alpha value is -3.41. The first kappa shape index (κ1) is 19.4. The van der Waals surface area contributed by atoms with Gasteiger partial charge in [0.25, 0.3) is 5.95 Å². The van der Waals surface area contributed by atoms with Gasteiger partial charge in [-0.25, -0.2) is 4.79 Å². The molecule has 6 heteroatoms. The van der Waals surface area contributed by atoms with Crippen LogP contribution in [0.3, 0.4) is 0 Å².